The molecule has 0 bridgehead atoms. The van der Waals surface area contributed by atoms with E-state index in [1.807, 2.05) is 34.0 Å². The van der Waals surface area contributed by atoms with Gasteiger partial charge in [0.2, 0.25) is 0 Å². The second-order valence-electron chi connectivity index (χ2n) is 8.49. The van der Waals surface area contributed by atoms with Crippen LogP contribution in [0.4, 0.5) is 0 Å². The number of halogens is 1. The molecule has 3 heterocycles. The minimum absolute atomic E-state index is 0.0315. The molecule has 2 aromatic carbocycles. The van der Waals surface area contributed by atoms with Gasteiger partial charge in [0, 0.05) is 46.6 Å². The number of amides is 1. The van der Waals surface area contributed by atoms with E-state index in [-0.39, 0.29) is 17.9 Å². The molecule has 1 saturated heterocycles. The van der Waals surface area contributed by atoms with Gasteiger partial charge < -0.3 is 9.42 Å². The molecule has 0 atom stereocenters. The lowest BCUT2D eigenvalue weighted by molar-refractivity contribution is 0.0710. The monoisotopic (exact) mass is 449 g/mol. The van der Waals surface area contributed by atoms with Gasteiger partial charge >= 0.3 is 0 Å². The zero-order chi connectivity index (χ0) is 22.2. The van der Waals surface area contributed by atoms with E-state index in [2.05, 4.69) is 29.1 Å². The Morgan fingerprint density at radius 1 is 1.12 bits per heavy atom. The summed E-state index contributed by atoms with van der Waals surface area (Å²) in [5.74, 6) is 1.42. The topological polar surface area (TPSA) is 77.1 Å². The van der Waals surface area contributed by atoms with E-state index in [0.717, 1.165) is 29.3 Å². The highest BCUT2D eigenvalue weighted by Crippen LogP contribution is 2.30. The lowest BCUT2D eigenvalue weighted by atomic mass is 9.95. The number of carbonyl (C=O) groups is 1. The van der Waals surface area contributed by atoms with Crippen molar-refractivity contribution in [1.82, 2.24) is 24.8 Å². The van der Waals surface area contributed by atoms with Crippen molar-refractivity contribution in [3.63, 3.8) is 0 Å². The van der Waals surface area contributed by atoms with Crippen molar-refractivity contribution in [2.75, 3.05) is 13.1 Å². The van der Waals surface area contributed by atoms with Crippen LogP contribution >= 0.6 is 11.6 Å². The number of carbonyl (C=O) groups excluding carboxylic acids is 1. The summed E-state index contributed by atoms with van der Waals surface area (Å²) in [5.41, 5.74) is 2.59. The van der Waals surface area contributed by atoms with Gasteiger partial charge in [-0.2, -0.15) is 10.1 Å². The molecule has 0 radical (unpaired) electrons. The molecular formula is C24H24ClN5O2. The summed E-state index contributed by atoms with van der Waals surface area (Å²) in [6, 6.07) is 13.4. The van der Waals surface area contributed by atoms with Crippen LogP contribution in [0.15, 0.2) is 53.2 Å². The molecule has 1 aliphatic heterocycles. The van der Waals surface area contributed by atoms with Gasteiger partial charge in [-0.3, -0.25) is 9.48 Å². The molecule has 164 valence electrons. The van der Waals surface area contributed by atoms with Gasteiger partial charge in [-0.15, -0.1) is 0 Å². The number of fused-ring (bicyclic) bond motifs is 1. The largest absolute Gasteiger partial charge is 0.339 e. The number of likely N-dealkylation sites (tertiary alicyclic amines) is 1. The van der Waals surface area contributed by atoms with E-state index in [1.54, 1.807) is 24.3 Å². The number of hydrogen-bond donors (Lipinski definition) is 0. The first kappa shape index (κ1) is 20.7. The first-order valence-electron chi connectivity index (χ1n) is 10.9. The van der Waals surface area contributed by atoms with E-state index in [1.165, 1.54) is 0 Å². The number of aromatic nitrogens is 4. The lowest BCUT2D eigenvalue weighted by Gasteiger charge is -2.30. The molecule has 8 heteroatoms. The maximum atomic E-state index is 12.7. The van der Waals surface area contributed by atoms with Crippen molar-refractivity contribution in [2.45, 2.75) is 38.6 Å². The second kappa shape index (κ2) is 8.39. The molecule has 0 unspecified atom stereocenters. The Labute approximate surface area is 191 Å². The van der Waals surface area contributed by atoms with Crippen LogP contribution in [0.5, 0.6) is 0 Å². The van der Waals surface area contributed by atoms with Crippen molar-refractivity contribution in [1.29, 1.82) is 0 Å². The van der Waals surface area contributed by atoms with Gasteiger partial charge in [-0.25, -0.2) is 0 Å². The molecule has 1 amide bonds. The molecular weight excluding hydrogens is 426 g/mol. The van der Waals surface area contributed by atoms with E-state index < -0.39 is 0 Å². The molecule has 2 aromatic heterocycles. The molecule has 4 aromatic rings. The third-order valence-corrected chi connectivity index (χ3v) is 6.27. The maximum absolute atomic E-state index is 12.7. The first-order chi connectivity index (χ1) is 15.5. The fourth-order valence-electron chi connectivity index (χ4n) is 4.22. The van der Waals surface area contributed by atoms with Gasteiger partial charge in [-0.05, 0) is 63.1 Å². The Morgan fingerprint density at radius 3 is 2.59 bits per heavy atom. The third kappa shape index (κ3) is 3.88. The van der Waals surface area contributed by atoms with Gasteiger partial charge in [0.25, 0.3) is 11.8 Å². The van der Waals surface area contributed by atoms with Crippen LogP contribution in [0.3, 0.4) is 0 Å². The normalized spacial score (nSPS) is 15.1. The van der Waals surface area contributed by atoms with Crippen molar-refractivity contribution in [3.05, 3.63) is 65.1 Å². The van der Waals surface area contributed by atoms with Crippen molar-refractivity contribution in [2.24, 2.45) is 0 Å². The Bertz CT molecular complexity index is 1250. The zero-order valence-electron chi connectivity index (χ0n) is 18.0. The van der Waals surface area contributed by atoms with Crippen LogP contribution in [-0.2, 0) is 0 Å². The SMILES string of the molecule is CC(C)n1ncc2ccc(-c3nc(C4CCN(C(=O)c5ccc(Cl)cc5)CC4)no3)cc21. The highest BCUT2D eigenvalue weighted by molar-refractivity contribution is 6.30. The summed E-state index contributed by atoms with van der Waals surface area (Å²) in [7, 11) is 0. The summed E-state index contributed by atoms with van der Waals surface area (Å²) in [6.07, 6.45) is 3.48. The molecule has 1 fully saturated rings. The fraction of sp³-hybridized carbons (Fsp3) is 0.333. The van der Waals surface area contributed by atoms with E-state index in [9.17, 15) is 4.79 Å². The Kier molecular flexibility index (Phi) is 5.43. The highest BCUT2D eigenvalue weighted by Gasteiger charge is 2.28. The second-order valence-corrected chi connectivity index (χ2v) is 8.92. The molecule has 7 nitrogen and oxygen atoms in total. The molecule has 0 aliphatic carbocycles. The van der Waals surface area contributed by atoms with Crippen LogP contribution in [0.25, 0.3) is 22.4 Å². The predicted octanol–water partition coefficient (Wildman–Crippen LogP) is 5.34. The van der Waals surface area contributed by atoms with Crippen LogP contribution in [0.2, 0.25) is 5.02 Å². The summed E-state index contributed by atoms with van der Waals surface area (Å²) in [4.78, 5) is 19.3. The van der Waals surface area contributed by atoms with Gasteiger partial charge in [-0.1, -0.05) is 22.8 Å². The van der Waals surface area contributed by atoms with Crippen molar-refractivity contribution < 1.29 is 9.32 Å². The number of benzene rings is 2. The number of piperidine rings is 1. The Balaban J connectivity index is 1.29. The standard InChI is InChI=1S/C24H24ClN5O2/c1-15(2)30-21-13-18(3-4-19(21)14-26-30)23-27-22(28-32-23)16-9-11-29(12-10-16)24(31)17-5-7-20(25)8-6-17/h3-8,13-16H,9-12H2,1-2H3. The molecule has 0 N–H and O–H groups in total. The van der Waals surface area contributed by atoms with Gasteiger partial charge in [0.1, 0.15) is 0 Å². The maximum Gasteiger partial charge on any atom is 0.258 e. The number of nitrogens with zero attached hydrogens (tertiary/aromatic N) is 5. The summed E-state index contributed by atoms with van der Waals surface area (Å²) in [5, 5.41) is 10.4. The van der Waals surface area contributed by atoms with Crippen LogP contribution in [0.1, 0.15) is 54.8 Å². The Hall–Kier alpha value is -3.19. The van der Waals surface area contributed by atoms with Crippen LogP contribution < -0.4 is 0 Å². The van der Waals surface area contributed by atoms with Gasteiger partial charge in [0.15, 0.2) is 5.82 Å². The third-order valence-electron chi connectivity index (χ3n) is 6.01. The fourth-order valence-corrected chi connectivity index (χ4v) is 4.34. The summed E-state index contributed by atoms with van der Waals surface area (Å²) >= 11 is 5.93. The molecule has 0 spiro atoms. The van der Waals surface area contributed by atoms with E-state index in [0.29, 0.717) is 35.4 Å². The smallest absolute Gasteiger partial charge is 0.258 e. The average molecular weight is 450 g/mol. The number of rotatable bonds is 4. The van der Waals surface area contributed by atoms with Gasteiger partial charge in [0.05, 0.1) is 11.7 Å². The van der Waals surface area contributed by atoms with E-state index in [4.69, 9.17) is 16.1 Å². The van der Waals surface area contributed by atoms with Crippen LogP contribution in [-0.4, -0.2) is 43.8 Å². The van der Waals surface area contributed by atoms with Crippen molar-refractivity contribution >= 4 is 28.4 Å². The first-order valence-corrected chi connectivity index (χ1v) is 11.2. The molecule has 1 aliphatic rings. The van der Waals surface area contributed by atoms with E-state index >= 15 is 0 Å². The summed E-state index contributed by atoms with van der Waals surface area (Å²) < 4.78 is 7.59. The molecule has 0 saturated carbocycles. The Morgan fingerprint density at radius 2 is 1.88 bits per heavy atom. The van der Waals surface area contributed by atoms with Crippen LogP contribution in [0, 0.1) is 0 Å². The summed E-state index contributed by atoms with van der Waals surface area (Å²) in [6.45, 7) is 5.53. The molecule has 32 heavy (non-hydrogen) atoms. The average Bonchev–Trinajstić information content (AvgIpc) is 3.46. The zero-order valence-corrected chi connectivity index (χ0v) is 18.8. The number of hydrogen-bond acceptors (Lipinski definition) is 5. The quantitative estimate of drug-likeness (QED) is 0.420. The van der Waals surface area contributed by atoms with Crippen molar-refractivity contribution in [3.8, 4) is 11.5 Å². The predicted molar refractivity (Wildman–Crippen MR) is 123 cm³/mol. The lowest BCUT2D eigenvalue weighted by Crippen LogP contribution is -2.38. The molecule has 5 rings (SSSR count). The minimum atomic E-state index is 0.0315. The highest BCUT2D eigenvalue weighted by atomic mass is 35.5. The minimum Gasteiger partial charge on any atom is -0.339 e.